The van der Waals surface area contributed by atoms with Crippen LogP contribution in [0.5, 0.6) is 0 Å². The molecule has 3 heteroatoms. The van der Waals surface area contributed by atoms with E-state index >= 15 is 0 Å². The van der Waals surface area contributed by atoms with Gasteiger partial charge in [0.1, 0.15) is 0 Å². The van der Waals surface area contributed by atoms with Gasteiger partial charge in [-0.05, 0) is 37.4 Å². The first-order valence-corrected chi connectivity index (χ1v) is 6.68. The molecular weight excluding hydrogens is 222 g/mol. The molecule has 1 aromatic heterocycles. The van der Waals surface area contributed by atoms with Crippen molar-refractivity contribution in [1.82, 2.24) is 4.98 Å². The topological polar surface area (TPSA) is 50.9 Å². The second-order valence-corrected chi connectivity index (χ2v) is 5.08. The molecule has 1 heterocycles. The van der Waals surface area contributed by atoms with E-state index < -0.39 is 0 Å². The summed E-state index contributed by atoms with van der Waals surface area (Å²) in [7, 11) is 0. The Morgan fingerprint density at radius 2 is 2.22 bits per heavy atom. The quantitative estimate of drug-likeness (QED) is 0.868. The van der Waals surface area contributed by atoms with Gasteiger partial charge in [-0.3, -0.25) is 4.98 Å². The third-order valence-electron chi connectivity index (χ3n) is 3.98. The number of nitrogens with two attached hydrogens (primary N) is 1. The zero-order chi connectivity index (χ0) is 12.4. The van der Waals surface area contributed by atoms with E-state index in [0.717, 1.165) is 6.54 Å². The van der Waals surface area contributed by atoms with Crippen LogP contribution >= 0.6 is 0 Å². The van der Waals surface area contributed by atoms with E-state index in [2.05, 4.69) is 34.6 Å². The lowest BCUT2D eigenvalue weighted by Gasteiger charge is -2.21. The van der Waals surface area contributed by atoms with Crippen LogP contribution in [0.15, 0.2) is 36.7 Å². The fourth-order valence-electron chi connectivity index (χ4n) is 2.96. The van der Waals surface area contributed by atoms with Crippen molar-refractivity contribution in [2.45, 2.75) is 25.3 Å². The Kier molecular flexibility index (Phi) is 3.15. The van der Waals surface area contributed by atoms with E-state index in [-0.39, 0.29) is 0 Å². The first kappa shape index (κ1) is 11.5. The summed E-state index contributed by atoms with van der Waals surface area (Å²) in [6.07, 6.45) is 7.52. The van der Waals surface area contributed by atoms with Crippen molar-refractivity contribution in [1.29, 1.82) is 0 Å². The fourth-order valence-corrected chi connectivity index (χ4v) is 2.96. The van der Waals surface area contributed by atoms with Crippen LogP contribution < -0.4 is 11.1 Å². The number of benzene rings is 1. The first-order valence-electron chi connectivity index (χ1n) is 6.68. The molecule has 2 atom stereocenters. The van der Waals surface area contributed by atoms with Crippen LogP contribution in [0, 0.1) is 5.92 Å². The van der Waals surface area contributed by atoms with E-state index in [1.165, 1.54) is 35.7 Å². The maximum absolute atomic E-state index is 5.84. The van der Waals surface area contributed by atoms with Crippen molar-refractivity contribution in [3.05, 3.63) is 36.7 Å². The highest BCUT2D eigenvalue weighted by Crippen LogP contribution is 2.30. The Hall–Kier alpha value is -1.61. The van der Waals surface area contributed by atoms with Crippen LogP contribution in [0.1, 0.15) is 19.3 Å². The van der Waals surface area contributed by atoms with Crippen LogP contribution in [0.3, 0.4) is 0 Å². The van der Waals surface area contributed by atoms with Gasteiger partial charge in [-0.2, -0.15) is 0 Å². The van der Waals surface area contributed by atoms with Crippen molar-refractivity contribution >= 4 is 16.5 Å². The van der Waals surface area contributed by atoms with Gasteiger partial charge in [-0.25, -0.2) is 0 Å². The molecule has 0 bridgehead atoms. The van der Waals surface area contributed by atoms with Crippen LogP contribution in [-0.4, -0.2) is 17.6 Å². The average molecular weight is 241 g/mol. The van der Waals surface area contributed by atoms with Crippen molar-refractivity contribution in [2.24, 2.45) is 11.7 Å². The lowest BCUT2D eigenvalue weighted by Crippen LogP contribution is -2.29. The lowest BCUT2D eigenvalue weighted by atomic mass is 10.0. The number of hydrogen-bond acceptors (Lipinski definition) is 3. The molecule has 1 saturated carbocycles. The summed E-state index contributed by atoms with van der Waals surface area (Å²) in [4.78, 5) is 4.17. The molecular formula is C15H19N3. The number of fused-ring (bicyclic) bond motifs is 1. The molecule has 18 heavy (non-hydrogen) atoms. The van der Waals surface area contributed by atoms with Crippen LogP contribution in [-0.2, 0) is 0 Å². The maximum Gasteiger partial charge on any atom is 0.0423 e. The molecule has 0 aliphatic heterocycles. The Morgan fingerprint density at radius 3 is 3.11 bits per heavy atom. The number of aromatic nitrogens is 1. The molecule has 94 valence electrons. The van der Waals surface area contributed by atoms with E-state index in [4.69, 9.17) is 5.73 Å². The van der Waals surface area contributed by atoms with E-state index in [1.54, 1.807) is 0 Å². The summed E-state index contributed by atoms with van der Waals surface area (Å²) in [6.45, 7) is 0.782. The predicted octanol–water partition coefficient (Wildman–Crippen LogP) is 2.77. The van der Waals surface area contributed by atoms with Gasteiger partial charge in [0.25, 0.3) is 0 Å². The molecule has 3 nitrogen and oxygen atoms in total. The SMILES string of the molecule is NCC1CCCC1Nc1cccc2cnccc12. The number of hydrogen-bond donors (Lipinski definition) is 2. The molecule has 0 radical (unpaired) electrons. The van der Waals surface area contributed by atoms with Gasteiger partial charge in [0, 0.05) is 34.9 Å². The van der Waals surface area contributed by atoms with E-state index in [9.17, 15) is 0 Å². The van der Waals surface area contributed by atoms with Crippen LogP contribution in [0.25, 0.3) is 10.8 Å². The molecule has 0 amide bonds. The standard InChI is InChI=1S/C15H19N3/c16-9-11-3-1-5-14(11)18-15-6-2-4-12-10-17-8-7-13(12)15/h2,4,6-8,10-11,14,18H,1,3,5,9,16H2. The normalized spacial score (nSPS) is 23.4. The Morgan fingerprint density at radius 1 is 1.28 bits per heavy atom. The third kappa shape index (κ3) is 2.06. The van der Waals surface area contributed by atoms with Gasteiger partial charge in [0.15, 0.2) is 0 Å². The van der Waals surface area contributed by atoms with Crippen molar-refractivity contribution in [2.75, 3.05) is 11.9 Å². The molecule has 3 N–H and O–H groups in total. The largest absolute Gasteiger partial charge is 0.381 e. The zero-order valence-corrected chi connectivity index (χ0v) is 10.5. The van der Waals surface area contributed by atoms with E-state index in [1.807, 2.05) is 12.4 Å². The summed E-state index contributed by atoms with van der Waals surface area (Å²) in [6, 6.07) is 8.92. The van der Waals surface area contributed by atoms with Gasteiger partial charge in [-0.15, -0.1) is 0 Å². The molecule has 1 aliphatic rings. The summed E-state index contributed by atoms with van der Waals surface area (Å²) in [5.41, 5.74) is 7.05. The highest BCUT2D eigenvalue weighted by molar-refractivity contribution is 5.93. The summed E-state index contributed by atoms with van der Waals surface area (Å²) >= 11 is 0. The molecule has 1 aromatic carbocycles. The van der Waals surface area contributed by atoms with Gasteiger partial charge < -0.3 is 11.1 Å². The molecule has 0 saturated heterocycles. The molecule has 3 rings (SSSR count). The van der Waals surface area contributed by atoms with Crippen LogP contribution in [0.4, 0.5) is 5.69 Å². The minimum Gasteiger partial charge on any atom is -0.381 e. The second-order valence-electron chi connectivity index (χ2n) is 5.08. The smallest absolute Gasteiger partial charge is 0.0423 e. The number of nitrogens with zero attached hydrogens (tertiary/aromatic N) is 1. The molecule has 1 aliphatic carbocycles. The van der Waals surface area contributed by atoms with E-state index in [0.29, 0.717) is 12.0 Å². The zero-order valence-electron chi connectivity index (χ0n) is 10.5. The van der Waals surface area contributed by atoms with Crippen molar-refractivity contribution in [3.63, 3.8) is 0 Å². The third-order valence-corrected chi connectivity index (χ3v) is 3.98. The Labute approximate surface area is 107 Å². The maximum atomic E-state index is 5.84. The fraction of sp³-hybridized carbons (Fsp3) is 0.400. The van der Waals surface area contributed by atoms with Gasteiger partial charge in [0.05, 0.1) is 0 Å². The second kappa shape index (κ2) is 4.94. The summed E-state index contributed by atoms with van der Waals surface area (Å²) < 4.78 is 0. The van der Waals surface area contributed by atoms with Crippen molar-refractivity contribution < 1.29 is 0 Å². The number of rotatable bonds is 3. The Bertz CT molecular complexity index is 533. The molecule has 2 unspecified atom stereocenters. The monoisotopic (exact) mass is 241 g/mol. The lowest BCUT2D eigenvalue weighted by molar-refractivity contribution is 0.517. The Balaban J connectivity index is 1.90. The molecule has 2 aromatic rings. The highest BCUT2D eigenvalue weighted by Gasteiger charge is 2.25. The van der Waals surface area contributed by atoms with Gasteiger partial charge in [-0.1, -0.05) is 18.6 Å². The summed E-state index contributed by atoms with van der Waals surface area (Å²) in [5.74, 6) is 0.613. The number of nitrogens with one attached hydrogen (secondary N) is 1. The van der Waals surface area contributed by atoms with Crippen molar-refractivity contribution in [3.8, 4) is 0 Å². The van der Waals surface area contributed by atoms with Gasteiger partial charge in [0.2, 0.25) is 0 Å². The first-order chi connectivity index (χ1) is 8.88. The number of pyridine rings is 1. The molecule has 1 fully saturated rings. The number of anilines is 1. The minimum atomic E-state index is 0.522. The predicted molar refractivity (Wildman–Crippen MR) is 75.5 cm³/mol. The highest BCUT2D eigenvalue weighted by atomic mass is 14.9. The molecule has 0 spiro atoms. The van der Waals surface area contributed by atoms with Gasteiger partial charge >= 0.3 is 0 Å². The summed E-state index contributed by atoms with van der Waals surface area (Å²) in [5, 5.41) is 6.11. The minimum absolute atomic E-state index is 0.522. The average Bonchev–Trinajstić information content (AvgIpc) is 2.86. The van der Waals surface area contributed by atoms with Crippen LogP contribution in [0.2, 0.25) is 0 Å².